The monoisotopic (exact) mass is 257 g/mol. The first-order valence-electron chi connectivity index (χ1n) is 5.68. The van der Waals surface area contributed by atoms with Gasteiger partial charge >= 0.3 is 0 Å². The second-order valence-corrected chi connectivity index (χ2v) is 5.36. The van der Waals surface area contributed by atoms with Gasteiger partial charge in [-0.05, 0) is 5.75 Å². The van der Waals surface area contributed by atoms with Crippen molar-refractivity contribution < 1.29 is 9.32 Å². The molecule has 17 heavy (non-hydrogen) atoms. The van der Waals surface area contributed by atoms with Crippen molar-refractivity contribution in [1.82, 2.24) is 15.0 Å². The molecule has 0 fully saturated rings. The lowest BCUT2D eigenvalue weighted by molar-refractivity contribution is -0.127. The predicted molar refractivity (Wildman–Crippen MR) is 67.9 cm³/mol. The molecule has 1 heterocycles. The van der Waals surface area contributed by atoms with Crippen LogP contribution < -0.4 is 0 Å². The molecular weight excluding hydrogens is 238 g/mol. The van der Waals surface area contributed by atoms with E-state index in [0.29, 0.717) is 24.0 Å². The summed E-state index contributed by atoms with van der Waals surface area (Å²) >= 11 is 1.61. The van der Waals surface area contributed by atoms with E-state index < -0.39 is 0 Å². The van der Waals surface area contributed by atoms with Crippen LogP contribution in [0.4, 0.5) is 0 Å². The van der Waals surface area contributed by atoms with Crippen LogP contribution in [0, 0.1) is 0 Å². The standard InChI is InChI=1S/C11H19N3O2S/c1-5-17-7-10(15)14(4)6-9-12-11(8(2)3)13-16-9/h8H,5-7H2,1-4H3. The minimum Gasteiger partial charge on any atom is -0.337 e. The molecule has 1 aromatic heterocycles. The summed E-state index contributed by atoms with van der Waals surface area (Å²) in [5.74, 6) is 2.94. The molecule has 0 aliphatic heterocycles. The van der Waals surface area contributed by atoms with Crippen LogP contribution in [0.1, 0.15) is 38.4 Å². The van der Waals surface area contributed by atoms with Crippen molar-refractivity contribution in [3.05, 3.63) is 11.7 Å². The maximum atomic E-state index is 11.7. The molecule has 0 aliphatic rings. The Morgan fingerprint density at radius 2 is 2.24 bits per heavy atom. The molecule has 0 atom stereocenters. The van der Waals surface area contributed by atoms with Crippen LogP contribution in [0.25, 0.3) is 0 Å². The molecule has 1 rings (SSSR count). The Hall–Kier alpha value is -1.04. The van der Waals surface area contributed by atoms with Gasteiger partial charge in [-0.15, -0.1) is 0 Å². The van der Waals surface area contributed by atoms with E-state index in [0.717, 1.165) is 5.75 Å². The summed E-state index contributed by atoms with van der Waals surface area (Å²) in [5, 5.41) is 3.86. The minimum atomic E-state index is 0.0844. The maximum absolute atomic E-state index is 11.7. The average Bonchev–Trinajstić information content (AvgIpc) is 2.74. The van der Waals surface area contributed by atoms with Gasteiger partial charge in [-0.3, -0.25) is 4.79 Å². The van der Waals surface area contributed by atoms with Gasteiger partial charge in [0.1, 0.15) is 0 Å². The zero-order valence-corrected chi connectivity index (χ0v) is 11.6. The lowest BCUT2D eigenvalue weighted by Crippen LogP contribution is -2.28. The van der Waals surface area contributed by atoms with Gasteiger partial charge in [0.05, 0.1) is 12.3 Å². The first-order valence-corrected chi connectivity index (χ1v) is 6.84. The van der Waals surface area contributed by atoms with E-state index in [9.17, 15) is 4.79 Å². The normalized spacial score (nSPS) is 10.9. The Bertz CT molecular complexity index is 365. The number of thioether (sulfide) groups is 1. The number of nitrogens with zero attached hydrogens (tertiary/aromatic N) is 3. The third-order valence-corrected chi connectivity index (χ3v) is 3.09. The fourth-order valence-corrected chi connectivity index (χ4v) is 1.76. The number of hydrogen-bond donors (Lipinski definition) is 0. The lowest BCUT2D eigenvalue weighted by atomic mass is 10.2. The Morgan fingerprint density at radius 1 is 1.53 bits per heavy atom. The van der Waals surface area contributed by atoms with Crippen LogP contribution >= 0.6 is 11.8 Å². The number of hydrogen-bond acceptors (Lipinski definition) is 5. The molecular formula is C11H19N3O2S. The van der Waals surface area contributed by atoms with Crippen molar-refractivity contribution in [3.63, 3.8) is 0 Å². The molecule has 1 aromatic rings. The van der Waals surface area contributed by atoms with Crippen LogP contribution in [0.5, 0.6) is 0 Å². The number of carbonyl (C=O) groups excluding carboxylic acids is 1. The summed E-state index contributed by atoms with van der Waals surface area (Å²) in [4.78, 5) is 17.5. The summed E-state index contributed by atoms with van der Waals surface area (Å²) in [7, 11) is 1.75. The smallest absolute Gasteiger partial charge is 0.246 e. The van der Waals surface area contributed by atoms with Crippen LogP contribution in [-0.4, -0.2) is 39.5 Å². The number of carbonyl (C=O) groups is 1. The molecule has 6 heteroatoms. The van der Waals surface area contributed by atoms with Gasteiger partial charge in [-0.2, -0.15) is 16.7 Å². The molecule has 5 nitrogen and oxygen atoms in total. The second kappa shape index (κ2) is 6.64. The van der Waals surface area contributed by atoms with Crippen molar-refractivity contribution in [3.8, 4) is 0 Å². The lowest BCUT2D eigenvalue weighted by Gasteiger charge is -2.13. The Labute approximate surface area is 106 Å². The van der Waals surface area contributed by atoms with Gasteiger partial charge in [-0.1, -0.05) is 25.9 Å². The van der Waals surface area contributed by atoms with E-state index in [1.165, 1.54) is 0 Å². The average molecular weight is 257 g/mol. The highest BCUT2D eigenvalue weighted by atomic mass is 32.2. The first kappa shape index (κ1) is 14.0. The van der Waals surface area contributed by atoms with E-state index in [2.05, 4.69) is 10.1 Å². The van der Waals surface area contributed by atoms with Crippen LogP contribution in [0.15, 0.2) is 4.52 Å². The summed E-state index contributed by atoms with van der Waals surface area (Å²) in [6.07, 6.45) is 0. The molecule has 0 aromatic carbocycles. The molecule has 1 amide bonds. The summed E-state index contributed by atoms with van der Waals surface area (Å²) < 4.78 is 5.09. The van der Waals surface area contributed by atoms with Crippen molar-refractivity contribution in [2.75, 3.05) is 18.6 Å². The molecule has 0 saturated heterocycles. The van der Waals surface area contributed by atoms with Crippen LogP contribution in [-0.2, 0) is 11.3 Å². The predicted octanol–water partition coefficient (Wildman–Crippen LogP) is 1.90. The zero-order chi connectivity index (χ0) is 12.8. The van der Waals surface area contributed by atoms with E-state index in [1.807, 2.05) is 20.8 Å². The highest BCUT2D eigenvalue weighted by Crippen LogP contribution is 2.11. The van der Waals surface area contributed by atoms with Gasteiger partial charge in [0.15, 0.2) is 5.82 Å². The molecule has 0 N–H and O–H groups in total. The fraction of sp³-hybridized carbons (Fsp3) is 0.727. The highest BCUT2D eigenvalue weighted by Gasteiger charge is 2.14. The van der Waals surface area contributed by atoms with Gasteiger partial charge in [0.25, 0.3) is 0 Å². The van der Waals surface area contributed by atoms with Gasteiger partial charge in [0.2, 0.25) is 11.8 Å². The largest absolute Gasteiger partial charge is 0.337 e. The molecule has 0 unspecified atom stereocenters. The topological polar surface area (TPSA) is 59.2 Å². The van der Waals surface area contributed by atoms with Crippen LogP contribution in [0.2, 0.25) is 0 Å². The first-order chi connectivity index (χ1) is 8.04. The molecule has 0 bridgehead atoms. The van der Waals surface area contributed by atoms with E-state index in [1.54, 1.807) is 23.7 Å². The SMILES string of the molecule is CCSCC(=O)N(C)Cc1nc(C(C)C)no1. The van der Waals surface area contributed by atoms with E-state index >= 15 is 0 Å². The quantitative estimate of drug-likeness (QED) is 0.779. The molecule has 0 radical (unpaired) electrons. The molecule has 0 aliphatic carbocycles. The Kier molecular flexibility index (Phi) is 5.47. The Balaban J connectivity index is 2.49. The minimum absolute atomic E-state index is 0.0844. The number of rotatable bonds is 6. The third kappa shape index (κ3) is 4.38. The highest BCUT2D eigenvalue weighted by molar-refractivity contribution is 7.99. The van der Waals surface area contributed by atoms with Crippen molar-refractivity contribution in [2.24, 2.45) is 0 Å². The van der Waals surface area contributed by atoms with Gasteiger partial charge in [0, 0.05) is 13.0 Å². The van der Waals surface area contributed by atoms with Crippen LogP contribution in [0.3, 0.4) is 0 Å². The third-order valence-electron chi connectivity index (χ3n) is 2.23. The van der Waals surface area contributed by atoms with Gasteiger partial charge in [-0.25, -0.2) is 0 Å². The summed E-state index contributed by atoms with van der Waals surface area (Å²) in [5.41, 5.74) is 0. The van der Waals surface area contributed by atoms with E-state index in [4.69, 9.17) is 4.52 Å². The van der Waals surface area contributed by atoms with E-state index in [-0.39, 0.29) is 11.8 Å². The Morgan fingerprint density at radius 3 is 2.76 bits per heavy atom. The number of amides is 1. The second-order valence-electron chi connectivity index (χ2n) is 4.09. The maximum Gasteiger partial charge on any atom is 0.246 e. The number of aromatic nitrogens is 2. The molecule has 0 saturated carbocycles. The van der Waals surface area contributed by atoms with Crippen molar-refractivity contribution in [2.45, 2.75) is 33.2 Å². The van der Waals surface area contributed by atoms with Crippen molar-refractivity contribution in [1.29, 1.82) is 0 Å². The van der Waals surface area contributed by atoms with Crippen molar-refractivity contribution >= 4 is 17.7 Å². The summed E-state index contributed by atoms with van der Waals surface area (Å²) in [6, 6.07) is 0. The fourth-order valence-electron chi connectivity index (χ4n) is 1.16. The summed E-state index contributed by atoms with van der Waals surface area (Å²) in [6.45, 7) is 6.41. The van der Waals surface area contributed by atoms with Gasteiger partial charge < -0.3 is 9.42 Å². The molecule has 96 valence electrons. The zero-order valence-electron chi connectivity index (χ0n) is 10.8. The molecule has 0 spiro atoms.